The predicted octanol–water partition coefficient (Wildman–Crippen LogP) is 1.39. The zero-order chi connectivity index (χ0) is 5.28. The van der Waals surface area contributed by atoms with Gasteiger partial charge in [-0.05, 0) is 0 Å². The quantitative estimate of drug-likeness (QED) is 0.515. The fourth-order valence-corrected chi connectivity index (χ4v) is 1.19. The van der Waals surface area contributed by atoms with Gasteiger partial charge in [0.2, 0.25) is 0 Å². The van der Waals surface area contributed by atoms with E-state index >= 15 is 0 Å². The number of hydrogen-bond donors (Lipinski definition) is 0. The molecule has 0 saturated heterocycles. The fraction of sp³-hybridized carbons (Fsp3) is 0.333. The first-order valence-corrected chi connectivity index (χ1v) is 3.81. The van der Waals surface area contributed by atoms with Gasteiger partial charge in [0.15, 0.2) is 0 Å². The molecule has 0 aromatic carbocycles. The van der Waals surface area contributed by atoms with Crippen molar-refractivity contribution in [3.63, 3.8) is 0 Å². The minimum atomic E-state index is 1.21. The van der Waals surface area contributed by atoms with Crippen molar-refractivity contribution < 1.29 is 0 Å². The van der Waals surface area contributed by atoms with Crippen molar-refractivity contribution in [1.29, 1.82) is 0 Å². The maximum atomic E-state index is 2.22. The van der Waals surface area contributed by atoms with Crippen LogP contribution in [0.2, 0.25) is 0 Å². The van der Waals surface area contributed by atoms with Crippen molar-refractivity contribution in [2.24, 2.45) is 0 Å². The van der Waals surface area contributed by atoms with Crippen LogP contribution in [0.3, 0.4) is 0 Å². The zero-order valence-electron chi connectivity index (χ0n) is 4.36. The van der Waals surface area contributed by atoms with E-state index in [-0.39, 0.29) is 0 Å². The third kappa shape index (κ3) is 1.09. The summed E-state index contributed by atoms with van der Waals surface area (Å²) >= 11 is 1.58. The van der Waals surface area contributed by atoms with E-state index < -0.39 is 0 Å². The van der Waals surface area contributed by atoms with Gasteiger partial charge < -0.3 is 0 Å². The van der Waals surface area contributed by atoms with Gasteiger partial charge in [0.05, 0.1) is 0 Å². The van der Waals surface area contributed by atoms with Crippen molar-refractivity contribution in [1.82, 2.24) is 0 Å². The van der Waals surface area contributed by atoms with Crippen LogP contribution in [0.1, 0.15) is 13.3 Å². The van der Waals surface area contributed by atoms with Crippen LogP contribution in [0.5, 0.6) is 0 Å². The molecule has 0 atom stereocenters. The van der Waals surface area contributed by atoms with Crippen molar-refractivity contribution >= 4 is 22.5 Å². The molecule has 1 aliphatic rings. The van der Waals surface area contributed by atoms with Crippen molar-refractivity contribution in [2.75, 3.05) is 0 Å². The predicted molar refractivity (Wildman–Crippen MR) is 32.2 cm³/mol. The van der Waals surface area contributed by atoms with Crippen LogP contribution in [0.4, 0.5) is 0 Å². The molecule has 1 rings (SSSR count). The summed E-state index contributed by atoms with van der Waals surface area (Å²) in [6.45, 7) is 2.17. The van der Waals surface area contributed by atoms with E-state index in [4.69, 9.17) is 0 Å². The summed E-state index contributed by atoms with van der Waals surface area (Å²) in [5, 5.41) is 0. The monoisotopic (exact) mass is 199 g/mol. The third-order valence-corrected chi connectivity index (χ3v) is 2.87. The summed E-state index contributed by atoms with van der Waals surface area (Å²) in [5.41, 5.74) is 1.48. The molecule has 0 amide bonds. The van der Waals surface area contributed by atoms with Crippen molar-refractivity contribution in [3.8, 4) is 0 Å². The molecule has 0 bridgehead atoms. The molecule has 0 unspecified atom stereocenters. The van der Waals surface area contributed by atoms with Crippen molar-refractivity contribution in [3.05, 3.63) is 21.3 Å². The summed E-state index contributed by atoms with van der Waals surface area (Å²) in [7, 11) is 0. The Morgan fingerprint density at radius 3 is 2.57 bits per heavy atom. The molecule has 1 heteroatoms. The van der Waals surface area contributed by atoms with E-state index in [1.807, 2.05) is 0 Å². The van der Waals surface area contributed by atoms with Gasteiger partial charge in [-0.2, -0.15) is 0 Å². The third-order valence-electron chi connectivity index (χ3n) is 1.17. The van der Waals surface area contributed by atoms with E-state index in [0.717, 1.165) is 0 Å². The summed E-state index contributed by atoms with van der Waals surface area (Å²) in [6.07, 6.45) is 5.63. The Kier molecular flexibility index (Phi) is 1.57. The summed E-state index contributed by atoms with van der Waals surface area (Å²) in [5.74, 6) is 0. The molecule has 1 aliphatic carbocycles. The Morgan fingerprint density at radius 1 is 1.71 bits per heavy atom. The van der Waals surface area contributed by atoms with Gasteiger partial charge in [-0.15, -0.1) is 0 Å². The van der Waals surface area contributed by atoms with Crippen LogP contribution in [0, 0.1) is 0 Å². The van der Waals surface area contributed by atoms with Crippen LogP contribution in [-0.2, 0) is 0 Å². The van der Waals surface area contributed by atoms with Crippen LogP contribution >= 0.6 is 0 Å². The van der Waals surface area contributed by atoms with E-state index in [1.54, 1.807) is 26.1 Å². The van der Waals surface area contributed by atoms with Gasteiger partial charge in [-0.1, -0.05) is 0 Å². The molecule has 0 heterocycles. The molecule has 3 radical (unpaired) electrons. The van der Waals surface area contributed by atoms with Crippen LogP contribution in [0.15, 0.2) is 21.3 Å². The fourth-order valence-electron chi connectivity index (χ4n) is 0.615. The Hall–Kier alpha value is 0.279. The Balaban J connectivity index is 2.79. The molecule has 0 aliphatic heterocycles. The van der Waals surface area contributed by atoms with E-state index in [2.05, 4.69) is 19.1 Å². The molecule has 35 valence electrons. The molecule has 0 spiro atoms. The average Bonchev–Trinajstić information content (AvgIpc) is 1.91. The van der Waals surface area contributed by atoms with Gasteiger partial charge in [0.1, 0.15) is 0 Å². The summed E-state index contributed by atoms with van der Waals surface area (Å²) in [6, 6.07) is 0. The second-order valence-corrected chi connectivity index (χ2v) is 3.49. The molecule has 7 heavy (non-hydrogen) atoms. The number of allylic oxidation sites excluding steroid dienone is 4. The first-order valence-electron chi connectivity index (χ1n) is 2.38. The molecule has 0 nitrogen and oxygen atoms in total. The van der Waals surface area contributed by atoms with Crippen molar-refractivity contribution in [2.45, 2.75) is 13.3 Å². The summed E-state index contributed by atoms with van der Waals surface area (Å²) < 4.78 is 1.60. The molecule has 0 fully saturated rings. The second-order valence-electron chi connectivity index (χ2n) is 1.77. The molecule has 0 N–H and O–H groups in total. The van der Waals surface area contributed by atoms with Gasteiger partial charge in [0.25, 0.3) is 0 Å². The van der Waals surface area contributed by atoms with E-state index in [0.29, 0.717) is 0 Å². The number of hydrogen-bond acceptors (Lipinski definition) is 0. The average molecular weight is 198 g/mol. The van der Waals surface area contributed by atoms with Gasteiger partial charge in [-0.25, -0.2) is 0 Å². The van der Waals surface area contributed by atoms with Gasteiger partial charge in [-0.3, -0.25) is 0 Å². The van der Waals surface area contributed by atoms with Crippen LogP contribution < -0.4 is 0 Å². The minimum absolute atomic E-state index is 1.21. The Morgan fingerprint density at radius 2 is 2.43 bits per heavy atom. The summed E-state index contributed by atoms with van der Waals surface area (Å²) in [4.78, 5) is 0. The molecular weight excluding hydrogens is 191 g/mol. The van der Waals surface area contributed by atoms with Crippen LogP contribution in [0.25, 0.3) is 0 Å². The first kappa shape index (κ1) is 5.42. The Bertz CT molecular complexity index is 131. The normalized spacial score (nSPS) is 19.1. The van der Waals surface area contributed by atoms with Crippen LogP contribution in [-0.4, -0.2) is 22.5 Å². The molecule has 0 aromatic rings. The SMILES string of the molecule is CC1=[C]([Sn])CC=C1. The van der Waals surface area contributed by atoms with E-state index in [1.165, 1.54) is 12.0 Å². The first-order chi connectivity index (χ1) is 3.30. The maximum absolute atomic E-state index is 2.22. The standard InChI is InChI=1S/C6H7.Sn/c1-6-4-2-3-5-6;/h2,4H,3H2,1H3;. The molecule has 0 saturated carbocycles. The molecular formula is C6H7Sn. The topological polar surface area (TPSA) is 0 Å². The molecule has 0 aromatic heterocycles. The van der Waals surface area contributed by atoms with Gasteiger partial charge in [0, 0.05) is 0 Å². The number of rotatable bonds is 0. The zero-order valence-corrected chi connectivity index (χ0v) is 7.22. The second kappa shape index (κ2) is 2.03. The van der Waals surface area contributed by atoms with Gasteiger partial charge >= 0.3 is 57.2 Å². The Labute approximate surface area is 57.4 Å². The van der Waals surface area contributed by atoms with E-state index in [9.17, 15) is 0 Å².